The molecule has 0 aliphatic carbocycles. The van der Waals surface area contributed by atoms with Crippen molar-refractivity contribution < 1.29 is 9.59 Å². The number of carbonyl (C=O) groups is 2. The van der Waals surface area contributed by atoms with Gasteiger partial charge in [0.25, 0.3) is 11.8 Å². The monoisotopic (exact) mass is 351 g/mol. The lowest BCUT2D eigenvalue weighted by molar-refractivity contribution is 0.0821. The molecule has 0 spiro atoms. The molecule has 0 atom stereocenters. The molecule has 1 aromatic carbocycles. The van der Waals surface area contributed by atoms with Gasteiger partial charge in [0.1, 0.15) is 5.69 Å². The van der Waals surface area contributed by atoms with Crippen LogP contribution in [0, 0.1) is 0 Å². The van der Waals surface area contributed by atoms with Crippen molar-refractivity contribution in [2.24, 2.45) is 10.7 Å². The fourth-order valence-electron chi connectivity index (χ4n) is 2.23. The number of nitrogens with one attached hydrogen (secondary N) is 2. The standard InChI is InChI=1S/C17H17N7O2/c1-24(2)16(26)13-6-4-11(8-19-13)15(25)22-17(18)21-12-5-3-10-9-20-23-14(10)7-12/h3-9H,1-2H3,(H,20,23)(H3,18,21,22,25). The fourth-order valence-corrected chi connectivity index (χ4v) is 2.23. The molecule has 2 amide bonds. The highest BCUT2D eigenvalue weighted by Gasteiger charge is 2.12. The maximum absolute atomic E-state index is 12.2. The Bertz CT molecular complexity index is 990. The van der Waals surface area contributed by atoms with Gasteiger partial charge in [-0.15, -0.1) is 0 Å². The van der Waals surface area contributed by atoms with Gasteiger partial charge in [0.2, 0.25) is 5.96 Å². The van der Waals surface area contributed by atoms with Gasteiger partial charge in [-0.25, -0.2) is 4.99 Å². The van der Waals surface area contributed by atoms with E-state index in [9.17, 15) is 9.59 Å². The number of aromatic nitrogens is 3. The average Bonchev–Trinajstić information content (AvgIpc) is 3.08. The minimum atomic E-state index is -0.467. The number of rotatable bonds is 3. The van der Waals surface area contributed by atoms with E-state index in [0.717, 1.165) is 10.9 Å². The Morgan fingerprint density at radius 3 is 2.69 bits per heavy atom. The maximum Gasteiger partial charge on any atom is 0.271 e. The molecule has 0 bridgehead atoms. The number of nitrogens with two attached hydrogens (primary N) is 1. The molecule has 4 N–H and O–H groups in total. The quantitative estimate of drug-likeness (QED) is 0.479. The van der Waals surface area contributed by atoms with Crippen LogP contribution in [0.4, 0.5) is 5.69 Å². The molecule has 9 nitrogen and oxygen atoms in total. The highest BCUT2D eigenvalue weighted by molar-refractivity contribution is 6.06. The zero-order valence-electron chi connectivity index (χ0n) is 14.2. The molecule has 3 rings (SSSR count). The lowest BCUT2D eigenvalue weighted by Crippen LogP contribution is -2.36. The second-order valence-electron chi connectivity index (χ2n) is 5.72. The van der Waals surface area contributed by atoms with Crippen LogP contribution in [0.2, 0.25) is 0 Å². The lowest BCUT2D eigenvalue weighted by Gasteiger charge is -2.09. The first-order chi connectivity index (χ1) is 12.4. The van der Waals surface area contributed by atoms with Crippen molar-refractivity contribution in [3.8, 4) is 0 Å². The van der Waals surface area contributed by atoms with Gasteiger partial charge in [-0.1, -0.05) is 0 Å². The van der Waals surface area contributed by atoms with Gasteiger partial charge < -0.3 is 10.6 Å². The number of amides is 2. The molecule has 0 saturated carbocycles. The van der Waals surface area contributed by atoms with Gasteiger partial charge in [-0.3, -0.25) is 25.0 Å². The Labute approximate surface area is 148 Å². The zero-order valence-corrected chi connectivity index (χ0v) is 14.2. The summed E-state index contributed by atoms with van der Waals surface area (Å²) in [6.07, 6.45) is 3.02. The predicted octanol–water partition coefficient (Wildman–Crippen LogP) is 1.04. The largest absolute Gasteiger partial charge is 0.369 e. The van der Waals surface area contributed by atoms with Crippen molar-refractivity contribution >= 4 is 34.4 Å². The number of guanidine groups is 1. The minimum absolute atomic E-state index is 0.0534. The summed E-state index contributed by atoms with van der Waals surface area (Å²) >= 11 is 0. The van der Waals surface area contributed by atoms with Gasteiger partial charge in [0.05, 0.1) is 23.0 Å². The third-order valence-corrected chi connectivity index (χ3v) is 3.57. The summed E-state index contributed by atoms with van der Waals surface area (Å²) in [6, 6.07) is 8.36. The zero-order chi connectivity index (χ0) is 18.7. The molecular formula is C17H17N7O2. The number of pyridine rings is 1. The van der Waals surface area contributed by atoms with Crippen molar-refractivity contribution in [2.45, 2.75) is 0 Å². The summed E-state index contributed by atoms with van der Waals surface area (Å²) in [5.41, 5.74) is 7.70. The molecule has 0 saturated heterocycles. The summed E-state index contributed by atoms with van der Waals surface area (Å²) in [4.78, 5) is 33.6. The van der Waals surface area contributed by atoms with Gasteiger partial charge in [0, 0.05) is 25.7 Å². The van der Waals surface area contributed by atoms with Crippen LogP contribution in [-0.4, -0.2) is 52.0 Å². The average molecular weight is 351 g/mol. The Morgan fingerprint density at radius 2 is 2.00 bits per heavy atom. The first-order valence-corrected chi connectivity index (χ1v) is 7.70. The van der Waals surface area contributed by atoms with Gasteiger partial charge in [-0.05, 0) is 30.3 Å². The number of H-pyrrole nitrogens is 1. The van der Waals surface area contributed by atoms with E-state index in [4.69, 9.17) is 5.73 Å². The summed E-state index contributed by atoms with van der Waals surface area (Å²) < 4.78 is 0. The molecule has 0 fully saturated rings. The number of fused-ring (bicyclic) bond motifs is 1. The normalized spacial score (nSPS) is 11.4. The smallest absolute Gasteiger partial charge is 0.271 e. The van der Waals surface area contributed by atoms with Crippen LogP contribution >= 0.6 is 0 Å². The second-order valence-corrected chi connectivity index (χ2v) is 5.72. The highest BCUT2D eigenvalue weighted by atomic mass is 16.2. The number of hydrogen-bond acceptors (Lipinski definition) is 5. The number of carbonyl (C=O) groups excluding carboxylic acids is 2. The molecule has 2 heterocycles. The van der Waals surface area contributed by atoms with E-state index in [2.05, 4.69) is 25.5 Å². The van der Waals surface area contributed by atoms with Gasteiger partial charge in [-0.2, -0.15) is 5.10 Å². The Balaban J connectivity index is 1.71. The number of aromatic amines is 1. The van der Waals surface area contributed by atoms with E-state index in [1.54, 1.807) is 32.4 Å². The van der Waals surface area contributed by atoms with E-state index < -0.39 is 5.91 Å². The molecule has 3 aromatic rings. The van der Waals surface area contributed by atoms with E-state index >= 15 is 0 Å². The SMILES string of the molecule is CN(C)C(=O)c1ccc(C(=O)NC(N)=Nc2ccc3cn[nH]c3c2)cn1. The second kappa shape index (κ2) is 7.01. The molecule has 9 heteroatoms. The van der Waals surface area contributed by atoms with Crippen LogP contribution in [0.15, 0.2) is 47.7 Å². The third kappa shape index (κ3) is 3.66. The molecule has 0 aliphatic rings. The van der Waals surface area contributed by atoms with E-state index in [1.165, 1.54) is 23.2 Å². The lowest BCUT2D eigenvalue weighted by atomic mass is 10.2. The Hall–Kier alpha value is -3.75. The Morgan fingerprint density at radius 1 is 1.19 bits per heavy atom. The highest BCUT2D eigenvalue weighted by Crippen LogP contribution is 2.18. The van der Waals surface area contributed by atoms with Crippen molar-refractivity contribution in [1.82, 2.24) is 25.4 Å². The van der Waals surface area contributed by atoms with Crippen molar-refractivity contribution in [3.63, 3.8) is 0 Å². The van der Waals surface area contributed by atoms with Crippen LogP contribution in [0.25, 0.3) is 10.9 Å². The summed E-state index contributed by atoms with van der Waals surface area (Å²) in [5.74, 6) is -0.764. The summed E-state index contributed by atoms with van der Waals surface area (Å²) in [7, 11) is 3.25. The third-order valence-electron chi connectivity index (χ3n) is 3.57. The molecule has 0 radical (unpaired) electrons. The fraction of sp³-hybridized carbons (Fsp3) is 0.118. The van der Waals surface area contributed by atoms with Crippen LogP contribution < -0.4 is 11.1 Å². The summed E-state index contributed by atoms with van der Waals surface area (Å²) in [6.45, 7) is 0. The minimum Gasteiger partial charge on any atom is -0.369 e. The van der Waals surface area contributed by atoms with Gasteiger partial charge >= 0.3 is 0 Å². The van der Waals surface area contributed by atoms with E-state index in [1.807, 2.05) is 6.07 Å². The molecular weight excluding hydrogens is 334 g/mol. The topological polar surface area (TPSA) is 129 Å². The molecule has 132 valence electrons. The molecule has 0 aliphatic heterocycles. The van der Waals surface area contributed by atoms with Crippen LogP contribution in [0.5, 0.6) is 0 Å². The van der Waals surface area contributed by atoms with E-state index in [0.29, 0.717) is 5.69 Å². The number of aliphatic imine (C=N–C) groups is 1. The van der Waals surface area contributed by atoms with Crippen molar-refractivity contribution in [1.29, 1.82) is 0 Å². The maximum atomic E-state index is 12.2. The van der Waals surface area contributed by atoms with Crippen LogP contribution in [0.3, 0.4) is 0 Å². The molecule has 2 aromatic heterocycles. The van der Waals surface area contributed by atoms with Gasteiger partial charge in [0.15, 0.2) is 0 Å². The summed E-state index contributed by atoms with van der Waals surface area (Å²) in [5, 5.41) is 10.2. The first-order valence-electron chi connectivity index (χ1n) is 7.70. The first kappa shape index (κ1) is 17.1. The van der Waals surface area contributed by atoms with Crippen molar-refractivity contribution in [3.05, 3.63) is 54.0 Å². The van der Waals surface area contributed by atoms with Crippen LogP contribution in [-0.2, 0) is 0 Å². The van der Waals surface area contributed by atoms with E-state index in [-0.39, 0.29) is 23.1 Å². The van der Waals surface area contributed by atoms with Crippen LogP contribution in [0.1, 0.15) is 20.8 Å². The molecule has 0 unspecified atom stereocenters. The number of benzene rings is 1. The molecule has 26 heavy (non-hydrogen) atoms. The predicted molar refractivity (Wildman–Crippen MR) is 97.1 cm³/mol. The number of hydrogen-bond donors (Lipinski definition) is 3. The number of nitrogens with zero attached hydrogens (tertiary/aromatic N) is 4. The Kier molecular flexibility index (Phi) is 4.61. The van der Waals surface area contributed by atoms with Crippen molar-refractivity contribution in [2.75, 3.05) is 14.1 Å².